The van der Waals surface area contributed by atoms with E-state index in [1.54, 1.807) is 13.3 Å². The SMILES string of the molecule is COCC12CCCCN(C(=O)c3cncnc3C)CCOc3ccccc3C(=O)N(CC1)CC2. The third-order valence-electron chi connectivity index (χ3n) is 7.11. The molecular formula is C26H34N4O4. The van der Waals surface area contributed by atoms with Gasteiger partial charge in [-0.15, -0.1) is 0 Å². The number of piperidine rings is 1. The molecular weight excluding hydrogens is 432 g/mol. The molecule has 8 nitrogen and oxygen atoms in total. The molecule has 182 valence electrons. The maximum atomic E-state index is 13.3. The molecule has 0 unspecified atom stereocenters. The van der Waals surface area contributed by atoms with Crippen molar-refractivity contribution in [3.05, 3.63) is 53.6 Å². The summed E-state index contributed by atoms with van der Waals surface area (Å²) in [6.45, 7) is 5.30. The lowest BCUT2D eigenvalue weighted by Gasteiger charge is -2.41. The van der Waals surface area contributed by atoms with E-state index in [0.29, 0.717) is 62.0 Å². The molecule has 0 atom stereocenters. The van der Waals surface area contributed by atoms with E-state index in [-0.39, 0.29) is 17.2 Å². The van der Waals surface area contributed by atoms with E-state index in [1.165, 1.54) is 6.33 Å². The van der Waals surface area contributed by atoms with Crippen molar-refractivity contribution in [1.82, 2.24) is 19.8 Å². The molecule has 2 aromatic rings. The van der Waals surface area contributed by atoms with Crippen molar-refractivity contribution < 1.29 is 19.1 Å². The summed E-state index contributed by atoms with van der Waals surface area (Å²) < 4.78 is 11.7. The molecule has 0 radical (unpaired) electrons. The van der Waals surface area contributed by atoms with E-state index in [1.807, 2.05) is 41.0 Å². The van der Waals surface area contributed by atoms with Crippen LogP contribution in [0.1, 0.15) is 58.5 Å². The molecule has 3 aliphatic rings. The first kappa shape index (κ1) is 24.1. The van der Waals surface area contributed by atoms with Crippen LogP contribution in [0.5, 0.6) is 5.75 Å². The number of rotatable bonds is 3. The zero-order chi connectivity index (χ0) is 24.0. The Hall–Kier alpha value is -3.00. The van der Waals surface area contributed by atoms with Crippen LogP contribution in [-0.2, 0) is 4.74 Å². The minimum absolute atomic E-state index is 0.00137. The quantitative estimate of drug-likeness (QED) is 0.690. The molecule has 1 aromatic carbocycles. The number of carbonyl (C=O) groups excluding carboxylic acids is 2. The summed E-state index contributed by atoms with van der Waals surface area (Å²) >= 11 is 0. The number of nitrogens with zero attached hydrogens (tertiary/aromatic N) is 4. The first-order valence-electron chi connectivity index (χ1n) is 12.1. The Bertz CT molecular complexity index is 1000. The highest BCUT2D eigenvalue weighted by molar-refractivity contribution is 5.97. The second kappa shape index (κ2) is 11.0. The van der Waals surface area contributed by atoms with Crippen LogP contribution in [0.2, 0.25) is 0 Å². The highest BCUT2D eigenvalue weighted by Crippen LogP contribution is 2.38. The number of ether oxygens (including phenoxy) is 2. The number of carbonyl (C=O) groups is 2. The molecule has 0 N–H and O–H groups in total. The van der Waals surface area contributed by atoms with Crippen molar-refractivity contribution in [2.24, 2.45) is 5.41 Å². The van der Waals surface area contributed by atoms with Crippen molar-refractivity contribution in [1.29, 1.82) is 0 Å². The fourth-order valence-corrected chi connectivity index (χ4v) is 5.05. The average molecular weight is 467 g/mol. The van der Waals surface area contributed by atoms with Crippen LogP contribution in [0.25, 0.3) is 0 Å². The number of aromatic nitrogens is 2. The van der Waals surface area contributed by atoms with Gasteiger partial charge in [-0.1, -0.05) is 18.6 Å². The number of amides is 2. The van der Waals surface area contributed by atoms with Crippen molar-refractivity contribution in [2.75, 3.05) is 46.5 Å². The van der Waals surface area contributed by atoms with Crippen LogP contribution in [0.3, 0.4) is 0 Å². The summed E-state index contributed by atoms with van der Waals surface area (Å²) in [6, 6.07) is 7.38. The second-order valence-corrected chi connectivity index (χ2v) is 9.34. The summed E-state index contributed by atoms with van der Waals surface area (Å²) in [5.41, 5.74) is 1.82. The van der Waals surface area contributed by atoms with Crippen LogP contribution in [0.15, 0.2) is 36.8 Å². The summed E-state index contributed by atoms with van der Waals surface area (Å²) in [7, 11) is 1.75. The van der Waals surface area contributed by atoms with Crippen LogP contribution >= 0.6 is 0 Å². The van der Waals surface area contributed by atoms with Gasteiger partial charge in [-0.3, -0.25) is 9.59 Å². The predicted molar refractivity (Wildman–Crippen MR) is 128 cm³/mol. The standard InChI is InChI=1S/C26H34N4O4/c1-20-22(17-27-19-28-20)25(32)29-12-6-5-9-26(18-33-2)10-13-30(14-11-26)24(31)21-7-3-4-8-23(21)34-16-15-29/h3-4,7-8,17,19H,5-6,9-16,18H2,1-2H3. The van der Waals surface area contributed by atoms with E-state index < -0.39 is 0 Å². The van der Waals surface area contributed by atoms with E-state index >= 15 is 0 Å². The Morgan fingerprint density at radius 3 is 2.68 bits per heavy atom. The molecule has 1 fully saturated rings. The van der Waals surface area contributed by atoms with Gasteiger partial charge in [0.1, 0.15) is 18.7 Å². The average Bonchev–Trinajstić information content (AvgIpc) is 2.86. The second-order valence-electron chi connectivity index (χ2n) is 9.34. The molecule has 3 aliphatic heterocycles. The van der Waals surface area contributed by atoms with Crippen LogP contribution in [0.4, 0.5) is 0 Å². The summed E-state index contributed by atoms with van der Waals surface area (Å²) in [4.78, 5) is 38.6. The van der Waals surface area contributed by atoms with Gasteiger partial charge in [0.25, 0.3) is 11.8 Å². The molecule has 2 bridgehead atoms. The Morgan fingerprint density at radius 2 is 1.91 bits per heavy atom. The zero-order valence-electron chi connectivity index (χ0n) is 20.2. The van der Waals surface area contributed by atoms with Gasteiger partial charge in [-0.2, -0.15) is 0 Å². The van der Waals surface area contributed by atoms with Gasteiger partial charge in [0.15, 0.2) is 0 Å². The fraction of sp³-hybridized carbons (Fsp3) is 0.538. The maximum Gasteiger partial charge on any atom is 0.257 e. The van der Waals surface area contributed by atoms with Crippen LogP contribution < -0.4 is 4.74 Å². The van der Waals surface area contributed by atoms with Crippen molar-refractivity contribution in [3.63, 3.8) is 0 Å². The minimum Gasteiger partial charge on any atom is -0.491 e. The molecule has 0 saturated carbocycles. The number of aryl methyl sites for hydroxylation is 1. The Kier molecular flexibility index (Phi) is 7.77. The molecule has 8 heteroatoms. The Labute approximate surface area is 201 Å². The third kappa shape index (κ3) is 5.38. The predicted octanol–water partition coefficient (Wildman–Crippen LogP) is 3.36. The molecule has 0 spiro atoms. The fourth-order valence-electron chi connectivity index (χ4n) is 5.05. The number of hydrogen-bond donors (Lipinski definition) is 0. The molecule has 0 aliphatic carbocycles. The summed E-state index contributed by atoms with van der Waals surface area (Å²) in [6.07, 6.45) is 7.77. The highest BCUT2D eigenvalue weighted by Gasteiger charge is 2.36. The van der Waals surface area contributed by atoms with E-state index in [2.05, 4.69) is 9.97 Å². The van der Waals surface area contributed by atoms with Crippen LogP contribution in [-0.4, -0.2) is 78.1 Å². The molecule has 34 heavy (non-hydrogen) atoms. The third-order valence-corrected chi connectivity index (χ3v) is 7.11. The lowest BCUT2D eigenvalue weighted by Crippen LogP contribution is -2.45. The van der Waals surface area contributed by atoms with Gasteiger partial charge >= 0.3 is 0 Å². The van der Waals surface area contributed by atoms with Gasteiger partial charge in [0, 0.05) is 32.9 Å². The van der Waals surface area contributed by atoms with Gasteiger partial charge in [-0.25, -0.2) is 9.97 Å². The number of fused-ring (bicyclic) bond motifs is 9. The lowest BCUT2D eigenvalue weighted by molar-refractivity contribution is 0.0136. The topological polar surface area (TPSA) is 84.9 Å². The van der Waals surface area contributed by atoms with Gasteiger partial charge < -0.3 is 19.3 Å². The Balaban J connectivity index is 1.59. The van der Waals surface area contributed by atoms with E-state index in [0.717, 1.165) is 32.1 Å². The summed E-state index contributed by atoms with van der Waals surface area (Å²) in [5, 5.41) is 0. The van der Waals surface area contributed by atoms with Gasteiger partial charge in [0.2, 0.25) is 0 Å². The first-order chi connectivity index (χ1) is 16.5. The van der Waals surface area contributed by atoms with E-state index in [4.69, 9.17) is 9.47 Å². The van der Waals surface area contributed by atoms with E-state index in [9.17, 15) is 9.59 Å². The molecule has 2 amide bonds. The first-order valence-corrected chi connectivity index (χ1v) is 12.1. The maximum absolute atomic E-state index is 13.3. The van der Waals surface area contributed by atoms with Crippen molar-refractivity contribution in [2.45, 2.75) is 39.0 Å². The molecule has 5 rings (SSSR count). The number of para-hydroxylation sites is 1. The minimum atomic E-state index is -0.0889. The lowest BCUT2D eigenvalue weighted by atomic mass is 9.75. The monoisotopic (exact) mass is 466 g/mol. The number of hydrogen-bond acceptors (Lipinski definition) is 6. The largest absolute Gasteiger partial charge is 0.491 e. The number of benzene rings is 1. The normalized spacial score (nSPS) is 19.1. The smallest absolute Gasteiger partial charge is 0.257 e. The summed E-state index contributed by atoms with van der Waals surface area (Å²) in [5.74, 6) is 0.471. The Morgan fingerprint density at radius 1 is 1.12 bits per heavy atom. The van der Waals surface area contributed by atoms with Crippen LogP contribution in [0, 0.1) is 12.3 Å². The highest BCUT2D eigenvalue weighted by atomic mass is 16.5. The molecule has 1 aromatic heterocycles. The van der Waals surface area contributed by atoms with Crippen molar-refractivity contribution in [3.8, 4) is 5.75 Å². The van der Waals surface area contributed by atoms with Crippen molar-refractivity contribution >= 4 is 11.8 Å². The van der Waals surface area contributed by atoms with Gasteiger partial charge in [0.05, 0.1) is 30.0 Å². The zero-order valence-corrected chi connectivity index (χ0v) is 20.2. The molecule has 1 saturated heterocycles. The number of methoxy groups -OCH3 is 1. The van der Waals surface area contributed by atoms with Gasteiger partial charge in [-0.05, 0) is 50.2 Å². The molecule has 4 heterocycles.